The molecule has 0 atom stereocenters. The quantitative estimate of drug-likeness (QED) is 0.660. The maximum Gasteiger partial charge on any atom is 0.291 e. The van der Waals surface area contributed by atoms with Crippen LogP contribution in [0.2, 0.25) is 0 Å². The van der Waals surface area contributed by atoms with Crippen molar-refractivity contribution in [2.24, 2.45) is 5.10 Å². The van der Waals surface area contributed by atoms with Crippen molar-refractivity contribution >= 4 is 28.1 Å². The molecule has 96 valence electrons. The number of carbonyl (C=O) groups is 1. The molecule has 6 nitrogen and oxygen atoms in total. The molecule has 0 saturated carbocycles. The first-order valence-corrected chi connectivity index (χ1v) is 6.09. The summed E-state index contributed by atoms with van der Waals surface area (Å²) in [5.74, 6) is -0.496. The summed E-state index contributed by atoms with van der Waals surface area (Å²) in [5, 5.41) is 9.56. The summed E-state index contributed by atoms with van der Waals surface area (Å²) in [6, 6.07) is 9.97. The van der Waals surface area contributed by atoms with Gasteiger partial charge in [-0.25, -0.2) is 10.5 Å². The minimum atomic E-state index is -0.496. The van der Waals surface area contributed by atoms with Crippen LogP contribution in [-0.4, -0.2) is 22.3 Å². The lowest BCUT2D eigenvalue weighted by Gasteiger charge is -1.97. The lowest BCUT2D eigenvalue weighted by molar-refractivity contribution is 0.0949. The summed E-state index contributed by atoms with van der Waals surface area (Å²) < 4.78 is 0.964. The second kappa shape index (κ2) is 6.05. The van der Waals surface area contributed by atoms with Gasteiger partial charge in [-0.2, -0.15) is 10.2 Å². The van der Waals surface area contributed by atoms with Gasteiger partial charge in [0.2, 0.25) is 0 Å². The van der Waals surface area contributed by atoms with E-state index >= 15 is 0 Å². The van der Waals surface area contributed by atoms with Gasteiger partial charge in [-0.15, -0.1) is 0 Å². The maximum absolute atomic E-state index is 11.6. The van der Waals surface area contributed by atoms with Crippen LogP contribution >= 0.6 is 15.9 Å². The molecule has 2 aromatic rings. The smallest absolute Gasteiger partial charge is 0.268 e. The van der Waals surface area contributed by atoms with E-state index in [2.05, 4.69) is 36.7 Å². The van der Waals surface area contributed by atoms with Crippen molar-refractivity contribution in [2.45, 2.75) is 0 Å². The molecule has 0 radical (unpaired) electrons. The molecule has 0 aliphatic carbocycles. The van der Waals surface area contributed by atoms with Gasteiger partial charge in [0.15, 0.2) is 5.69 Å². The Kier molecular flexibility index (Phi) is 4.19. The zero-order valence-corrected chi connectivity index (χ0v) is 11.2. The molecule has 0 aliphatic heterocycles. The molecule has 0 fully saturated rings. The van der Waals surface area contributed by atoms with E-state index < -0.39 is 5.91 Å². The maximum atomic E-state index is 11.6. The summed E-state index contributed by atoms with van der Waals surface area (Å²) in [7, 11) is 0. The highest BCUT2D eigenvalue weighted by molar-refractivity contribution is 9.10. The normalized spacial score (nSPS) is 10.6. The topological polar surface area (TPSA) is 87.2 Å². The van der Waals surface area contributed by atoms with E-state index in [1.807, 2.05) is 24.3 Å². The number of H-pyrrole nitrogens is 1. The van der Waals surface area contributed by atoms with Crippen molar-refractivity contribution < 1.29 is 4.79 Å². The Morgan fingerprint density at radius 2 is 2.00 bits per heavy atom. The van der Waals surface area contributed by atoms with E-state index in [4.69, 9.17) is 0 Å². The standard InChI is InChI=1S/C12H9BrN4O2/c13-9-3-1-8(2-4-9)7-14-17-12(19)10-5-6-11(18)16-15-10/h1-7H,(H,16,18)(H,17,19)/b14-7-. The molecular weight excluding hydrogens is 312 g/mol. The first kappa shape index (κ1) is 13.2. The van der Waals surface area contributed by atoms with Crippen LogP contribution in [0.1, 0.15) is 16.1 Å². The molecular formula is C12H9BrN4O2. The van der Waals surface area contributed by atoms with Crippen LogP contribution in [-0.2, 0) is 0 Å². The summed E-state index contributed by atoms with van der Waals surface area (Å²) in [5.41, 5.74) is 2.89. The van der Waals surface area contributed by atoms with Crippen LogP contribution in [0, 0.1) is 0 Å². The summed E-state index contributed by atoms with van der Waals surface area (Å²) in [6.45, 7) is 0. The molecule has 2 N–H and O–H groups in total. The molecule has 0 unspecified atom stereocenters. The largest absolute Gasteiger partial charge is 0.291 e. The number of amides is 1. The van der Waals surface area contributed by atoms with Crippen molar-refractivity contribution in [2.75, 3.05) is 0 Å². The van der Waals surface area contributed by atoms with E-state index in [9.17, 15) is 9.59 Å². The highest BCUT2D eigenvalue weighted by Crippen LogP contribution is 2.08. The fourth-order valence-corrected chi connectivity index (χ4v) is 1.51. The number of benzene rings is 1. The van der Waals surface area contributed by atoms with Gasteiger partial charge >= 0.3 is 0 Å². The molecule has 0 aliphatic rings. The number of hydrazone groups is 1. The Morgan fingerprint density at radius 1 is 1.26 bits per heavy atom. The SMILES string of the molecule is O=C(N/N=C\c1ccc(Br)cc1)c1ccc(=O)[nH]n1. The van der Waals surface area contributed by atoms with Crippen LogP contribution < -0.4 is 11.0 Å². The summed E-state index contributed by atoms with van der Waals surface area (Å²) >= 11 is 3.32. The van der Waals surface area contributed by atoms with Crippen molar-refractivity contribution in [1.82, 2.24) is 15.6 Å². The fraction of sp³-hybridized carbons (Fsp3) is 0. The minimum absolute atomic E-state index is 0.0903. The third-order valence-corrected chi connectivity index (χ3v) is 2.69. The van der Waals surface area contributed by atoms with Crippen molar-refractivity contribution in [3.8, 4) is 0 Å². The first-order valence-electron chi connectivity index (χ1n) is 5.30. The molecule has 0 spiro atoms. The number of carbonyl (C=O) groups excluding carboxylic acids is 1. The predicted octanol–water partition coefficient (Wildman–Crippen LogP) is 1.30. The fourth-order valence-electron chi connectivity index (χ4n) is 1.24. The second-order valence-electron chi connectivity index (χ2n) is 3.56. The van der Waals surface area contributed by atoms with Crippen molar-refractivity contribution in [3.05, 3.63) is 62.5 Å². The molecule has 19 heavy (non-hydrogen) atoms. The van der Waals surface area contributed by atoms with Crippen molar-refractivity contribution in [3.63, 3.8) is 0 Å². The zero-order chi connectivity index (χ0) is 13.7. The number of hydrogen-bond donors (Lipinski definition) is 2. The summed E-state index contributed by atoms with van der Waals surface area (Å²) in [4.78, 5) is 22.4. The van der Waals surface area contributed by atoms with Gasteiger partial charge in [-0.3, -0.25) is 9.59 Å². The average molecular weight is 321 g/mol. The van der Waals surface area contributed by atoms with Gasteiger partial charge in [0, 0.05) is 10.5 Å². The third kappa shape index (κ3) is 3.85. The van der Waals surface area contributed by atoms with E-state index in [-0.39, 0.29) is 11.3 Å². The molecule has 1 amide bonds. The minimum Gasteiger partial charge on any atom is -0.268 e. The predicted molar refractivity (Wildman–Crippen MR) is 74.1 cm³/mol. The lowest BCUT2D eigenvalue weighted by Crippen LogP contribution is -2.21. The van der Waals surface area contributed by atoms with Gasteiger partial charge in [-0.1, -0.05) is 28.1 Å². The van der Waals surface area contributed by atoms with Crippen LogP contribution in [0.4, 0.5) is 0 Å². The Bertz CT molecular complexity index is 644. The Labute approximate surface area is 116 Å². The second-order valence-corrected chi connectivity index (χ2v) is 4.47. The Balaban J connectivity index is 1.98. The van der Waals surface area contributed by atoms with Crippen LogP contribution in [0.3, 0.4) is 0 Å². The van der Waals surface area contributed by atoms with Gasteiger partial charge in [0.05, 0.1) is 6.21 Å². The monoisotopic (exact) mass is 320 g/mol. The molecule has 2 rings (SSSR count). The zero-order valence-electron chi connectivity index (χ0n) is 9.63. The van der Waals surface area contributed by atoms with E-state index in [0.717, 1.165) is 10.0 Å². The van der Waals surface area contributed by atoms with E-state index in [1.165, 1.54) is 18.3 Å². The molecule has 0 saturated heterocycles. The van der Waals surface area contributed by atoms with Crippen molar-refractivity contribution in [1.29, 1.82) is 0 Å². The highest BCUT2D eigenvalue weighted by atomic mass is 79.9. The summed E-state index contributed by atoms with van der Waals surface area (Å²) in [6.07, 6.45) is 1.51. The molecule has 0 bridgehead atoms. The lowest BCUT2D eigenvalue weighted by atomic mass is 10.2. The third-order valence-electron chi connectivity index (χ3n) is 2.16. The molecule has 1 aromatic carbocycles. The van der Waals surface area contributed by atoms with E-state index in [1.54, 1.807) is 0 Å². The van der Waals surface area contributed by atoms with Crippen LogP contribution in [0.5, 0.6) is 0 Å². The molecule has 1 heterocycles. The number of aromatic nitrogens is 2. The van der Waals surface area contributed by atoms with Gasteiger partial charge < -0.3 is 0 Å². The van der Waals surface area contributed by atoms with Gasteiger partial charge in [0.25, 0.3) is 11.5 Å². The van der Waals surface area contributed by atoms with Gasteiger partial charge in [0.1, 0.15) is 0 Å². The Hall–Kier alpha value is -2.28. The van der Waals surface area contributed by atoms with E-state index in [0.29, 0.717) is 0 Å². The van der Waals surface area contributed by atoms with Crippen LogP contribution in [0.15, 0.2) is 50.8 Å². The number of hydrogen-bond acceptors (Lipinski definition) is 4. The number of rotatable bonds is 3. The number of nitrogens with zero attached hydrogens (tertiary/aromatic N) is 2. The number of nitrogens with one attached hydrogen (secondary N) is 2. The number of aromatic amines is 1. The highest BCUT2D eigenvalue weighted by Gasteiger charge is 2.04. The Morgan fingerprint density at radius 3 is 2.63 bits per heavy atom. The first-order chi connectivity index (χ1) is 9.15. The average Bonchev–Trinajstić information content (AvgIpc) is 2.41. The number of halogens is 1. The van der Waals surface area contributed by atoms with Crippen LogP contribution in [0.25, 0.3) is 0 Å². The molecule has 7 heteroatoms. The molecule has 1 aromatic heterocycles. The van der Waals surface area contributed by atoms with Gasteiger partial charge in [-0.05, 0) is 23.8 Å².